The molecule has 4 saturated carbocycles. The van der Waals surface area contributed by atoms with Crippen LogP contribution < -0.4 is 5.32 Å². The Morgan fingerprint density at radius 1 is 1.11 bits per heavy atom. The molecule has 0 aromatic carbocycles. The van der Waals surface area contributed by atoms with Crippen molar-refractivity contribution in [3.8, 4) is 0 Å². The van der Waals surface area contributed by atoms with Crippen LogP contribution in [0, 0.1) is 46.3 Å². The minimum Gasteiger partial charge on any atom is -0.348 e. The van der Waals surface area contributed by atoms with Gasteiger partial charge in [0.15, 0.2) is 0 Å². The molecule has 1 heterocycles. The number of carbonyl (C=O) groups excluding carboxylic acids is 3. The highest BCUT2D eigenvalue weighted by molar-refractivity contribution is 9.11. The molecule has 1 aromatic heterocycles. The van der Waals surface area contributed by atoms with E-state index in [1.165, 1.54) is 4.88 Å². The van der Waals surface area contributed by atoms with Gasteiger partial charge in [-0.3, -0.25) is 14.4 Å². The number of rotatable bonds is 6. The summed E-state index contributed by atoms with van der Waals surface area (Å²) in [5, 5.41) is 3.30. The lowest BCUT2D eigenvalue weighted by molar-refractivity contribution is -0.159. The summed E-state index contributed by atoms with van der Waals surface area (Å²) in [5.41, 5.74) is 0.274. The van der Waals surface area contributed by atoms with Gasteiger partial charge in [0.25, 0.3) is 0 Å². The first-order chi connectivity index (χ1) is 17.1. The van der Waals surface area contributed by atoms with Crippen LogP contribution >= 0.6 is 27.3 Å². The molecule has 0 radical (unpaired) electrons. The SMILES string of the molecule is CCC(NC(=O)C[C@@H](C)C1CC[C@H]2C3C(=O)CC4CC(=O)CCC4(C)[C@H]3CCC12C)c1ccc(Br)s1. The number of nitrogens with one attached hydrogen (secondary N) is 1. The topological polar surface area (TPSA) is 63.2 Å². The zero-order valence-electron chi connectivity index (χ0n) is 22.3. The Hall–Kier alpha value is -1.01. The lowest BCUT2D eigenvalue weighted by atomic mass is 9.44. The van der Waals surface area contributed by atoms with Gasteiger partial charge in [-0.05, 0) is 107 Å². The van der Waals surface area contributed by atoms with Crippen molar-refractivity contribution in [1.29, 1.82) is 0 Å². The molecular formula is C30H42BrNO3S. The zero-order chi connectivity index (χ0) is 25.8. The normalized spacial score (nSPS) is 39.6. The van der Waals surface area contributed by atoms with E-state index in [4.69, 9.17) is 0 Å². The van der Waals surface area contributed by atoms with Crippen LogP contribution in [0.5, 0.6) is 0 Å². The molecule has 0 bridgehead atoms. The molecule has 36 heavy (non-hydrogen) atoms. The summed E-state index contributed by atoms with van der Waals surface area (Å²) in [6, 6.07) is 4.22. The minimum atomic E-state index is 0.0688. The summed E-state index contributed by atoms with van der Waals surface area (Å²) < 4.78 is 1.09. The fraction of sp³-hybridized carbons (Fsp3) is 0.767. The number of hydrogen-bond acceptors (Lipinski definition) is 4. The van der Waals surface area contributed by atoms with Gasteiger partial charge in [0.1, 0.15) is 11.6 Å². The van der Waals surface area contributed by atoms with E-state index in [0.717, 1.165) is 42.3 Å². The first kappa shape index (κ1) is 26.6. The number of Topliss-reactive ketones (excluding diaryl/α,β-unsaturated/α-hetero) is 2. The molecule has 1 amide bonds. The first-order valence-electron chi connectivity index (χ1n) is 14.2. The summed E-state index contributed by atoms with van der Waals surface area (Å²) in [6.07, 6.45) is 8.81. The molecule has 1 aromatic rings. The van der Waals surface area contributed by atoms with Gasteiger partial charge in [-0.1, -0.05) is 27.7 Å². The highest BCUT2D eigenvalue weighted by atomic mass is 79.9. The third-order valence-electron chi connectivity index (χ3n) is 11.2. The molecule has 0 spiro atoms. The maximum Gasteiger partial charge on any atom is 0.220 e. The van der Waals surface area contributed by atoms with Gasteiger partial charge in [0.2, 0.25) is 5.91 Å². The number of fused-ring (bicyclic) bond motifs is 5. The number of ketones is 2. The molecule has 6 heteroatoms. The van der Waals surface area contributed by atoms with Crippen molar-refractivity contribution in [1.82, 2.24) is 5.32 Å². The summed E-state index contributed by atoms with van der Waals surface area (Å²) in [6.45, 7) is 9.22. The number of halogens is 1. The van der Waals surface area contributed by atoms with Gasteiger partial charge in [0, 0.05) is 36.5 Å². The van der Waals surface area contributed by atoms with Crippen molar-refractivity contribution in [2.24, 2.45) is 46.3 Å². The molecular weight excluding hydrogens is 534 g/mol. The quantitative estimate of drug-likeness (QED) is 0.381. The van der Waals surface area contributed by atoms with Gasteiger partial charge >= 0.3 is 0 Å². The lowest BCUT2D eigenvalue weighted by Crippen LogP contribution is -2.57. The third-order valence-corrected chi connectivity index (χ3v) is 13.0. The van der Waals surface area contributed by atoms with Gasteiger partial charge in [0.05, 0.1) is 9.83 Å². The molecule has 4 fully saturated rings. The van der Waals surface area contributed by atoms with E-state index in [9.17, 15) is 14.4 Å². The smallest absolute Gasteiger partial charge is 0.220 e. The van der Waals surface area contributed by atoms with Gasteiger partial charge < -0.3 is 5.32 Å². The van der Waals surface area contributed by atoms with Crippen molar-refractivity contribution in [2.75, 3.05) is 0 Å². The number of hydrogen-bond donors (Lipinski definition) is 1. The molecule has 198 valence electrons. The first-order valence-corrected chi connectivity index (χ1v) is 15.8. The minimum absolute atomic E-state index is 0.0688. The van der Waals surface area contributed by atoms with E-state index in [1.54, 1.807) is 11.3 Å². The Labute approximate surface area is 228 Å². The molecule has 4 nitrogen and oxygen atoms in total. The number of carbonyl (C=O) groups is 3. The molecule has 5 rings (SSSR count). The van der Waals surface area contributed by atoms with Crippen LogP contribution in [-0.4, -0.2) is 17.5 Å². The molecule has 0 aliphatic heterocycles. The Morgan fingerprint density at radius 3 is 2.56 bits per heavy atom. The van der Waals surface area contributed by atoms with E-state index in [0.29, 0.717) is 60.9 Å². The highest BCUT2D eigenvalue weighted by Gasteiger charge is 2.63. The van der Waals surface area contributed by atoms with Gasteiger partial charge in [-0.2, -0.15) is 0 Å². The number of thiophene rings is 1. The molecule has 9 atom stereocenters. The average Bonchev–Trinajstić information content (AvgIpc) is 3.41. The number of amides is 1. The Kier molecular flexibility index (Phi) is 7.35. The molecule has 0 saturated heterocycles. The van der Waals surface area contributed by atoms with Crippen LogP contribution in [0.15, 0.2) is 15.9 Å². The Bertz CT molecular complexity index is 1040. The zero-order valence-corrected chi connectivity index (χ0v) is 24.7. The van der Waals surface area contributed by atoms with E-state index in [2.05, 4.69) is 55.0 Å². The summed E-state index contributed by atoms with van der Waals surface area (Å²) in [7, 11) is 0. The molecule has 4 aliphatic carbocycles. The second-order valence-electron chi connectivity index (χ2n) is 12.9. The van der Waals surface area contributed by atoms with Crippen LogP contribution in [-0.2, 0) is 14.4 Å². The Balaban J connectivity index is 1.28. The maximum atomic E-state index is 13.6. The van der Waals surface area contributed by atoms with E-state index in [1.807, 2.05) is 6.07 Å². The van der Waals surface area contributed by atoms with Crippen LogP contribution in [0.3, 0.4) is 0 Å². The van der Waals surface area contributed by atoms with E-state index in [-0.39, 0.29) is 34.6 Å². The predicted molar refractivity (Wildman–Crippen MR) is 148 cm³/mol. The van der Waals surface area contributed by atoms with Crippen molar-refractivity contribution in [2.45, 2.75) is 97.9 Å². The van der Waals surface area contributed by atoms with Gasteiger partial charge in [-0.15, -0.1) is 11.3 Å². The summed E-state index contributed by atoms with van der Waals surface area (Å²) in [5.74, 6) is 3.01. The summed E-state index contributed by atoms with van der Waals surface area (Å²) in [4.78, 5) is 40.1. The van der Waals surface area contributed by atoms with Crippen LogP contribution in [0.2, 0.25) is 0 Å². The molecule has 4 aliphatic rings. The molecule has 1 N–H and O–H groups in total. The standard InChI is InChI=1S/C30H42BrNO3S/c1-5-23(25-8-9-26(31)36-25)32-27(35)14-17(2)20-6-7-21-28-22(11-13-30(20,21)4)29(3)12-10-19(33)15-18(29)16-24(28)34/h8-9,17-18,20-23,28H,5-7,10-16H2,1-4H3,(H,32,35)/t17-,18?,20?,21+,22+,23?,28?,29?,30?/m1/s1. The Morgan fingerprint density at radius 2 is 1.86 bits per heavy atom. The van der Waals surface area contributed by atoms with Crippen molar-refractivity contribution in [3.05, 3.63) is 20.8 Å². The maximum absolute atomic E-state index is 13.6. The van der Waals surface area contributed by atoms with Crippen molar-refractivity contribution in [3.63, 3.8) is 0 Å². The molecule has 6 unspecified atom stereocenters. The second-order valence-corrected chi connectivity index (χ2v) is 15.4. The van der Waals surface area contributed by atoms with Crippen LogP contribution in [0.4, 0.5) is 0 Å². The van der Waals surface area contributed by atoms with E-state index >= 15 is 0 Å². The predicted octanol–water partition coefficient (Wildman–Crippen LogP) is 7.51. The fourth-order valence-electron chi connectivity index (χ4n) is 9.28. The van der Waals surface area contributed by atoms with Gasteiger partial charge in [-0.25, -0.2) is 0 Å². The second kappa shape index (κ2) is 9.94. The van der Waals surface area contributed by atoms with Crippen molar-refractivity contribution >= 4 is 44.7 Å². The average molecular weight is 577 g/mol. The highest BCUT2D eigenvalue weighted by Crippen LogP contribution is 2.67. The monoisotopic (exact) mass is 575 g/mol. The van der Waals surface area contributed by atoms with E-state index < -0.39 is 0 Å². The largest absolute Gasteiger partial charge is 0.348 e. The third kappa shape index (κ3) is 4.46. The fourth-order valence-corrected chi connectivity index (χ4v) is 10.8. The van der Waals surface area contributed by atoms with Crippen molar-refractivity contribution < 1.29 is 14.4 Å². The lowest BCUT2D eigenvalue weighted by Gasteiger charge is -2.59. The van der Waals surface area contributed by atoms with Crippen LogP contribution in [0.1, 0.15) is 103 Å². The summed E-state index contributed by atoms with van der Waals surface area (Å²) >= 11 is 5.23. The van der Waals surface area contributed by atoms with Crippen LogP contribution in [0.25, 0.3) is 0 Å².